The van der Waals surface area contributed by atoms with Gasteiger partial charge in [0.05, 0.1) is 5.69 Å². The van der Waals surface area contributed by atoms with Crippen LogP contribution in [-0.4, -0.2) is 11.1 Å². The van der Waals surface area contributed by atoms with Gasteiger partial charge >= 0.3 is 0 Å². The first kappa shape index (κ1) is 13.1. The Morgan fingerprint density at radius 2 is 1.42 bits per heavy atom. The summed E-state index contributed by atoms with van der Waals surface area (Å²) in [5.41, 5.74) is 5.90. The molecule has 0 aliphatic carbocycles. The Kier molecular flexibility index (Phi) is 4.15. The third-order valence-corrected chi connectivity index (χ3v) is 2.77. The van der Waals surface area contributed by atoms with E-state index in [1.54, 1.807) is 0 Å². The van der Waals surface area contributed by atoms with Crippen molar-refractivity contribution in [3.63, 3.8) is 0 Å². The summed E-state index contributed by atoms with van der Waals surface area (Å²) in [4.78, 5) is 10.9. The average molecular weight is 256 g/mol. The second-order valence-corrected chi connectivity index (χ2v) is 4.36. The van der Waals surface area contributed by atoms with Crippen LogP contribution in [0.25, 0.3) is 0 Å². The second-order valence-electron chi connectivity index (χ2n) is 4.36. The van der Waals surface area contributed by atoms with E-state index in [0.717, 1.165) is 17.7 Å². The van der Waals surface area contributed by atoms with Crippen molar-refractivity contribution in [1.82, 2.24) is 0 Å². The van der Waals surface area contributed by atoms with E-state index in [4.69, 9.17) is 5.21 Å². The molecule has 3 N–H and O–H groups in total. The highest BCUT2D eigenvalue weighted by Crippen LogP contribution is 2.15. The van der Waals surface area contributed by atoms with Gasteiger partial charge in [-0.05, 0) is 41.8 Å². The van der Waals surface area contributed by atoms with Gasteiger partial charge in [0, 0.05) is 12.6 Å². The van der Waals surface area contributed by atoms with Gasteiger partial charge in [-0.25, -0.2) is 0 Å². The molecule has 2 rings (SSSR count). The molecule has 2 aromatic rings. The Balaban J connectivity index is 2.04. The fourth-order valence-electron chi connectivity index (χ4n) is 1.84. The number of carbonyl (C=O) groups excluding carboxylic acids is 1. The summed E-state index contributed by atoms with van der Waals surface area (Å²) in [5, 5.41) is 11.5. The molecule has 4 heteroatoms. The molecule has 0 atom stereocenters. The van der Waals surface area contributed by atoms with Crippen molar-refractivity contribution in [3.05, 3.63) is 59.7 Å². The molecule has 0 aliphatic heterocycles. The highest BCUT2D eigenvalue weighted by Gasteiger charge is 1.99. The minimum atomic E-state index is -0.0696. The van der Waals surface area contributed by atoms with Gasteiger partial charge in [0.15, 0.2) is 0 Å². The SMILES string of the molecule is CC(=O)Nc1ccc(Cc2ccc(NO)cc2)cc1. The van der Waals surface area contributed by atoms with Crippen molar-refractivity contribution >= 4 is 17.3 Å². The van der Waals surface area contributed by atoms with Crippen LogP contribution in [0.1, 0.15) is 18.1 Å². The Hall–Kier alpha value is -2.33. The first-order valence-electron chi connectivity index (χ1n) is 6.03. The fraction of sp³-hybridized carbons (Fsp3) is 0.133. The van der Waals surface area contributed by atoms with Crippen LogP contribution in [0.15, 0.2) is 48.5 Å². The molecule has 98 valence electrons. The van der Waals surface area contributed by atoms with E-state index >= 15 is 0 Å². The van der Waals surface area contributed by atoms with Crippen molar-refractivity contribution < 1.29 is 10.0 Å². The summed E-state index contributed by atoms with van der Waals surface area (Å²) in [7, 11) is 0. The standard InChI is InChI=1S/C15H16N2O2/c1-11(18)16-14-6-2-12(3-7-14)10-13-4-8-15(17-19)9-5-13/h2-9,17,19H,10H2,1H3,(H,16,18). The molecule has 0 fully saturated rings. The van der Waals surface area contributed by atoms with E-state index in [1.807, 2.05) is 48.5 Å². The molecule has 1 amide bonds. The van der Waals surface area contributed by atoms with Crippen LogP contribution in [0.3, 0.4) is 0 Å². The minimum absolute atomic E-state index is 0.0696. The number of hydrogen-bond acceptors (Lipinski definition) is 3. The molecule has 4 nitrogen and oxygen atoms in total. The predicted molar refractivity (Wildman–Crippen MR) is 75.4 cm³/mol. The molecule has 0 unspecified atom stereocenters. The normalized spacial score (nSPS) is 10.0. The van der Waals surface area contributed by atoms with E-state index in [9.17, 15) is 4.79 Å². The Bertz CT molecular complexity index is 547. The van der Waals surface area contributed by atoms with Crippen molar-refractivity contribution in [2.75, 3.05) is 10.8 Å². The number of nitrogens with one attached hydrogen (secondary N) is 2. The second kappa shape index (κ2) is 6.02. The lowest BCUT2D eigenvalue weighted by atomic mass is 10.0. The average Bonchev–Trinajstić information content (AvgIpc) is 2.41. The molecule has 0 heterocycles. The maximum Gasteiger partial charge on any atom is 0.221 e. The lowest BCUT2D eigenvalue weighted by Gasteiger charge is -2.06. The van der Waals surface area contributed by atoms with Gasteiger partial charge in [-0.2, -0.15) is 0 Å². The monoisotopic (exact) mass is 256 g/mol. The topological polar surface area (TPSA) is 61.4 Å². The van der Waals surface area contributed by atoms with Gasteiger partial charge in [-0.3, -0.25) is 15.5 Å². The Labute approximate surface area is 112 Å². The largest absolute Gasteiger partial charge is 0.326 e. The molecule has 0 saturated carbocycles. The van der Waals surface area contributed by atoms with Crippen LogP contribution >= 0.6 is 0 Å². The Morgan fingerprint density at radius 3 is 1.84 bits per heavy atom. The lowest BCUT2D eigenvalue weighted by molar-refractivity contribution is -0.114. The van der Waals surface area contributed by atoms with E-state index in [2.05, 4.69) is 10.8 Å². The number of anilines is 2. The predicted octanol–water partition coefficient (Wildman–Crippen LogP) is 3.04. The Morgan fingerprint density at radius 1 is 0.947 bits per heavy atom. The quantitative estimate of drug-likeness (QED) is 0.737. The van der Waals surface area contributed by atoms with E-state index < -0.39 is 0 Å². The summed E-state index contributed by atoms with van der Waals surface area (Å²) in [6.45, 7) is 1.49. The zero-order valence-electron chi connectivity index (χ0n) is 10.7. The number of hydrogen-bond donors (Lipinski definition) is 3. The minimum Gasteiger partial charge on any atom is -0.326 e. The summed E-state index contributed by atoms with van der Waals surface area (Å²) >= 11 is 0. The molecule has 19 heavy (non-hydrogen) atoms. The molecule has 2 aromatic carbocycles. The molecular formula is C15H16N2O2. The van der Waals surface area contributed by atoms with Crippen LogP contribution in [0.2, 0.25) is 0 Å². The van der Waals surface area contributed by atoms with E-state index in [-0.39, 0.29) is 5.91 Å². The highest BCUT2D eigenvalue weighted by molar-refractivity contribution is 5.88. The zero-order valence-corrected chi connectivity index (χ0v) is 10.7. The molecule has 0 aliphatic rings. The lowest BCUT2D eigenvalue weighted by Crippen LogP contribution is -2.05. The number of carbonyl (C=O) groups is 1. The van der Waals surface area contributed by atoms with Crippen LogP contribution in [0, 0.1) is 0 Å². The maximum atomic E-state index is 10.9. The van der Waals surface area contributed by atoms with Gasteiger partial charge in [0.2, 0.25) is 5.91 Å². The summed E-state index contributed by atoms with van der Waals surface area (Å²) in [5.74, 6) is -0.0696. The van der Waals surface area contributed by atoms with Gasteiger partial charge < -0.3 is 5.32 Å². The molecule has 0 spiro atoms. The molecule has 0 radical (unpaired) electrons. The number of rotatable bonds is 4. The summed E-state index contributed by atoms with van der Waals surface area (Å²) in [6.07, 6.45) is 0.812. The highest BCUT2D eigenvalue weighted by atomic mass is 16.5. The first-order chi connectivity index (χ1) is 9.17. The number of benzene rings is 2. The van der Waals surface area contributed by atoms with Crippen molar-refractivity contribution in [1.29, 1.82) is 0 Å². The maximum absolute atomic E-state index is 10.9. The number of amides is 1. The van der Waals surface area contributed by atoms with Crippen molar-refractivity contribution in [2.45, 2.75) is 13.3 Å². The van der Waals surface area contributed by atoms with Crippen LogP contribution < -0.4 is 10.8 Å². The van der Waals surface area contributed by atoms with E-state index in [0.29, 0.717) is 5.69 Å². The van der Waals surface area contributed by atoms with Gasteiger partial charge in [-0.1, -0.05) is 24.3 Å². The molecule has 0 aromatic heterocycles. The zero-order chi connectivity index (χ0) is 13.7. The molecular weight excluding hydrogens is 240 g/mol. The van der Waals surface area contributed by atoms with Crippen molar-refractivity contribution in [3.8, 4) is 0 Å². The van der Waals surface area contributed by atoms with Crippen LogP contribution in [0.4, 0.5) is 11.4 Å². The molecule has 0 bridgehead atoms. The van der Waals surface area contributed by atoms with Gasteiger partial charge in [0.25, 0.3) is 0 Å². The fourth-order valence-corrected chi connectivity index (χ4v) is 1.84. The van der Waals surface area contributed by atoms with E-state index in [1.165, 1.54) is 12.5 Å². The van der Waals surface area contributed by atoms with Gasteiger partial charge in [0.1, 0.15) is 0 Å². The van der Waals surface area contributed by atoms with Crippen LogP contribution in [0.5, 0.6) is 0 Å². The third-order valence-electron chi connectivity index (χ3n) is 2.77. The molecule has 0 saturated heterocycles. The van der Waals surface area contributed by atoms with Gasteiger partial charge in [-0.15, -0.1) is 0 Å². The van der Waals surface area contributed by atoms with Crippen LogP contribution in [-0.2, 0) is 11.2 Å². The van der Waals surface area contributed by atoms with Crippen molar-refractivity contribution in [2.24, 2.45) is 0 Å². The summed E-state index contributed by atoms with van der Waals surface area (Å²) < 4.78 is 0. The summed E-state index contributed by atoms with van der Waals surface area (Å²) in [6, 6.07) is 15.3. The smallest absolute Gasteiger partial charge is 0.221 e. The first-order valence-corrected chi connectivity index (χ1v) is 6.03. The third kappa shape index (κ3) is 3.82.